The molecule has 1 aromatic heterocycles. The van der Waals surface area contributed by atoms with E-state index in [-0.39, 0.29) is 23.1 Å². The van der Waals surface area contributed by atoms with E-state index in [1.807, 2.05) is 0 Å². The van der Waals surface area contributed by atoms with Gasteiger partial charge in [-0.15, -0.1) is 0 Å². The number of nitrogens with one attached hydrogen (secondary N) is 2. The molecule has 3 N–H and O–H groups in total. The van der Waals surface area contributed by atoms with Crippen molar-refractivity contribution in [3.8, 4) is 0 Å². The first-order valence-corrected chi connectivity index (χ1v) is 11.2. The molecule has 2 heterocycles. The van der Waals surface area contributed by atoms with Gasteiger partial charge in [-0.05, 0) is 55.2 Å². The van der Waals surface area contributed by atoms with Crippen molar-refractivity contribution in [2.24, 2.45) is 11.8 Å². The predicted octanol–water partition coefficient (Wildman–Crippen LogP) is 1.91. The van der Waals surface area contributed by atoms with Gasteiger partial charge in [0, 0.05) is 29.7 Å². The minimum Gasteiger partial charge on any atom is -0.385 e. The van der Waals surface area contributed by atoms with Crippen LogP contribution < -0.4 is 4.72 Å². The molecule has 0 radical (unpaired) electrons. The van der Waals surface area contributed by atoms with Crippen molar-refractivity contribution in [2.45, 2.75) is 42.6 Å². The molecule has 0 spiro atoms. The van der Waals surface area contributed by atoms with Gasteiger partial charge in [0.1, 0.15) is 0 Å². The smallest absolute Gasteiger partial charge is 0.214 e. The van der Waals surface area contributed by atoms with Crippen LogP contribution in [0, 0.1) is 11.8 Å². The van der Waals surface area contributed by atoms with E-state index in [2.05, 4.69) is 14.9 Å². The summed E-state index contributed by atoms with van der Waals surface area (Å²) in [7, 11) is -3.34. The molecule has 27 heavy (non-hydrogen) atoms. The highest BCUT2D eigenvalue weighted by Crippen LogP contribution is 2.60. The van der Waals surface area contributed by atoms with E-state index in [1.54, 1.807) is 18.3 Å². The number of rotatable bonds is 4. The number of sulfonamides is 1. The number of aliphatic hydroxyl groups is 1. The van der Waals surface area contributed by atoms with Gasteiger partial charge in [0.2, 0.25) is 10.0 Å². The van der Waals surface area contributed by atoms with Crippen LogP contribution in [0.1, 0.15) is 31.2 Å². The van der Waals surface area contributed by atoms with Crippen LogP contribution in [0.15, 0.2) is 18.3 Å². The Morgan fingerprint density at radius 1 is 1.26 bits per heavy atom. The molecule has 3 aliphatic rings. The summed E-state index contributed by atoms with van der Waals surface area (Å²) in [6.45, 7) is 0.997. The number of hydrogen-bond donors (Lipinski definition) is 3. The van der Waals surface area contributed by atoms with Crippen LogP contribution in [0.5, 0.6) is 0 Å². The average Bonchev–Trinajstić information content (AvgIpc) is 3.02. The molecule has 1 saturated heterocycles. The van der Waals surface area contributed by atoms with Crippen molar-refractivity contribution in [1.82, 2.24) is 14.9 Å². The molecular weight excluding hydrogens is 390 g/mol. The van der Waals surface area contributed by atoms with E-state index in [0.717, 1.165) is 16.5 Å². The average molecular weight is 412 g/mol. The Bertz CT molecular complexity index is 974. The topological polar surface area (TPSA) is 104 Å². The van der Waals surface area contributed by atoms with Crippen LogP contribution in [0.25, 0.3) is 10.9 Å². The lowest BCUT2D eigenvalue weighted by molar-refractivity contribution is 0.0303. The highest BCUT2D eigenvalue weighted by molar-refractivity contribution is 7.90. The molecule has 2 aromatic rings. The molecular formula is C18H22ClN3O4S. The number of aromatic nitrogens is 2. The Labute approximate surface area is 162 Å². The lowest BCUT2D eigenvalue weighted by Gasteiger charge is -2.28. The maximum atomic E-state index is 12.6. The van der Waals surface area contributed by atoms with Gasteiger partial charge >= 0.3 is 0 Å². The first-order valence-electron chi connectivity index (χ1n) is 9.32. The van der Waals surface area contributed by atoms with Gasteiger partial charge in [0.05, 0.1) is 22.6 Å². The van der Waals surface area contributed by atoms with Gasteiger partial charge in [-0.1, -0.05) is 11.6 Å². The van der Waals surface area contributed by atoms with E-state index >= 15 is 0 Å². The van der Waals surface area contributed by atoms with Crippen LogP contribution >= 0.6 is 11.6 Å². The molecule has 9 heteroatoms. The molecule has 0 unspecified atom stereocenters. The van der Waals surface area contributed by atoms with Gasteiger partial charge in [-0.3, -0.25) is 5.10 Å². The van der Waals surface area contributed by atoms with Gasteiger partial charge in [0.15, 0.2) is 0 Å². The zero-order chi connectivity index (χ0) is 18.8. The highest BCUT2D eigenvalue weighted by atomic mass is 35.5. The van der Waals surface area contributed by atoms with Crippen molar-refractivity contribution < 1.29 is 18.3 Å². The van der Waals surface area contributed by atoms with Crippen LogP contribution in [0.3, 0.4) is 0 Å². The SMILES string of the molecule is O=S(=O)(N[C@H]1[C@@H]2C[C@](O)(c3cc(Cl)cc4[nH]ncc34)C[C@@H]21)C1CCOCC1. The van der Waals surface area contributed by atoms with E-state index in [0.29, 0.717) is 43.9 Å². The Morgan fingerprint density at radius 2 is 1.96 bits per heavy atom. The lowest BCUT2D eigenvalue weighted by atomic mass is 9.86. The fourth-order valence-corrected chi connectivity index (χ4v) is 6.89. The highest BCUT2D eigenvalue weighted by Gasteiger charge is 2.63. The van der Waals surface area contributed by atoms with Crippen molar-refractivity contribution in [3.63, 3.8) is 0 Å². The summed E-state index contributed by atoms with van der Waals surface area (Å²) in [5, 5.41) is 19.3. The van der Waals surface area contributed by atoms with E-state index in [1.165, 1.54) is 0 Å². The monoisotopic (exact) mass is 411 g/mol. The van der Waals surface area contributed by atoms with Gasteiger partial charge in [-0.2, -0.15) is 5.10 Å². The molecule has 1 aliphatic heterocycles. The standard InChI is InChI=1S/C18H22ClN3O4S/c19-10-5-15(14-9-20-21-16(14)6-10)18(23)7-12-13(8-18)17(12)22-27(24,25)11-1-3-26-4-2-11/h5-6,9,11-13,17,22-23H,1-4,7-8H2,(H,20,21)/t12-,13+,17+,18-. The molecule has 1 aromatic carbocycles. The van der Waals surface area contributed by atoms with Crippen molar-refractivity contribution >= 4 is 32.5 Å². The summed E-state index contributed by atoms with van der Waals surface area (Å²) in [6, 6.07) is 3.51. The van der Waals surface area contributed by atoms with Crippen LogP contribution in [-0.4, -0.2) is 48.2 Å². The van der Waals surface area contributed by atoms with Crippen molar-refractivity contribution in [2.75, 3.05) is 13.2 Å². The van der Waals surface area contributed by atoms with E-state index in [9.17, 15) is 13.5 Å². The zero-order valence-electron chi connectivity index (χ0n) is 14.7. The summed E-state index contributed by atoms with van der Waals surface area (Å²) in [6.07, 6.45) is 3.84. The summed E-state index contributed by atoms with van der Waals surface area (Å²) >= 11 is 6.21. The Morgan fingerprint density at radius 3 is 2.67 bits per heavy atom. The number of halogens is 1. The van der Waals surface area contributed by atoms with Crippen molar-refractivity contribution in [1.29, 1.82) is 0 Å². The third kappa shape index (κ3) is 2.98. The fourth-order valence-electron chi connectivity index (χ4n) is 4.93. The van der Waals surface area contributed by atoms with Gasteiger partial charge in [-0.25, -0.2) is 13.1 Å². The number of ether oxygens (including phenoxy) is 1. The molecule has 5 rings (SSSR count). The fraction of sp³-hybridized carbons (Fsp3) is 0.611. The predicted molar refractivity (Wildman–Crippen MR) is 101 cm³/mol. The van der Waals surface area contributed by atoms with Crippen LogP contribution in [-0.2, 0) is 20.4 Å². The number of benzene rings is 1. The van der Waals surface area contributed by atoms with E-state index in [4.69, 9.17) is 16.3 Å². The first-order chi connectivity index (χ1) is 12.9. The third-order valence-corrected chi connectivity index (χ3v) is 8.58. The second-order valence-corrected chi connectivity index (χ2v) is 10.5. The first kappa shape index (κ1) is 17.9. The van der Waals surface area contributed by atoms with Crippen LogP contribution in [0.2, 0.25) is 5.02 Å². The molecule has 0 amide bonds. The summed E-state index contributed by atoms with van der Waals surface area (Å²) in [5.41, 5.74) is 0.573. The minimum atomic E-state index is -3.34. The summed E-state index contributed by atoms with van der Waals surface area (Å²) < 4.78 is 33.4. The number of fused-ring (bicyclic) bond motifs is 2. The molecule has 7 nitrogen and oxygen atoms in total. The third-order valence-electron chi connectivity index (χ3n) is 6.41. The maximum absolute atomic E-state index is 12.6. The Kier molecular flexibility index (Phi) is 4.07. The Hall–Kier alpha value is -1.19. The van der Waals surface area contributed by atoms with Gasteiger partial charge < -0.3 is 9.84 Å². The second kappa shape index (κ2) is 6.15. The van der Waals surface area contributed by atoms with Crippen molar-refractivity contribution in [3.05, 3.63) is 28.9 Å². The molecule has 2 aliphatic carbocycles. The second-order valence-electron chi connectivity index (χ2n) is 8.05. The van der Waals surface area contributed by atoms with Gasteiger partial charge in [0.25, 0.3) is 0 Å². The number of nitrogens with zero attached hydrogens (tertiary/aromatic N) is 1. The normalized spacial score (nSPS) is 34.1. The summed E-state index contributed by atoms with van der Waals surface area (Å²) in [5.74, 6) is 0.316. The molecule has 4 atom stereocenters. The largest absolute Gasteiger partial charge is 0.385 e. The number of aromatic amines is 1. The quantitative estimate of drug-likeness (QED) is 0.712. The maximum Gasteiger partial charge on any atom is 0.214 e. The number of hydrogen-bond acceptors (Lipinski definition) is 5. The Balaban J connectivity index is 1.32. The molecule has 2 saturated carbocycles. The van der Waals surface area contributed by atoms with Crippen LogP contribution in [0.4, 0.5) is 0 Å². The summed E-state index contributed by atoms with van der Waals surface area (Å²) in [4.78, 5) is 0. The molecule has 146 valence electrons. The zero-order valence-corrected chi connectivity index (χ0v) is 16.3. The lowest BCUT2D eigenvalue weighted by Crippen LogP contribution is -2.41. The van der Waals surface area contributed by atoms with E-state index < -0.39 is 15.6 Å². The minimum absolute atomic E-state index is 0.0721. The molecule has 0 bridgehead atoms. The molecule has 3 fully saturated rings. The number of H-pyrrole nitrogens is 1.